The van der Waals surface area contributed by atoms with Crippen LogP contribution in [0, 0.1) is 19.8 Å². The van der Waals surface area contributed by atoms with Gasteiger partial charge in [-0.2, -0.15) is 0 Å². The highest BCUT2D eigenvalue weighted by atomic mass is 15.0. The molecule has 1 unspecified atom stereocenters. The van der Waals surface area contributed by atoms with E-state index in [-0.39, 0.29) is 0 Å². The lowest BCUT2D eigenvalue weighted by molar-refractivity contribution is 0.445. The van der Waals surface area contributed by atoms with Gasteiger partial charge in [0.1, 0.15) is 0 Å². The smallest absolute Gasteiger partial charge is 0.0946 e. The summed E-state index contributed by atoms with van der Waals surface area (Å²) in [5, 5.41) is 3.53. The molecule has 0 saturated heterocycles. The third-order valence-electron chi connectivity index (χ3n) is 3.47. The van der Waals surface area contributed by atoms with Gasteiger partial charge in [-0.1, -0.05) is 25.1 Å². The minimum absolute atomic E-state index is 0.598. The van der Waals surface area contributed by atoms with Crippen molar-refractivity contribution < 1.29 is 0 Å². The summed E-state index contributed by atoms with van der Waals surface area (Å²) in [4.78, 5) is 4.06. The van der Waals surface area contributed by atoms with Crippen LogP contribution in [0.2, 0.25) is 0 Å². The van der Waals surface area contributed by atoms with Gasteiger partial charge in [-0.05, 0) is 43.0 Å². The second kappa shape index (κ2) is 6.53. The molecule has 0 aliphatic heterocycles. The minimum atomic E-state index is 0.598. The first-order valence-corrected chi connectivity index (χ1v) is 6.87. The zero-order chi connectivity index (χ0) is 13.7. The van der Waals surface area contributed by atoms with Gasteiger partial charge >= 0.3 is 0 Å². The molecular formula is C16H23N3. The van der Waals surface area contributed by atoms with Crippen molar-refractivity contribution in [3.8, 4) is 0 Å². The molecule has 2 aromatic rings. The molecule has 3 heteroatoms. The van der Waals surface area contributed by atoms with E-state index >= 15 is 0 Å². The van der Waals surface area contributed by atoms with Crippen molar-refractivity contribution in [3.05, 3.63) is 53.6 Å². The van der Waals surface area contributed by atoms with Crippen molar-refractivity contribution in [1.29, 1.82) is 0 Å². The van der Waals surface area contributed by atoms with Crippen LogP contribution in [0.3, 0.4) is 0 Å². The van der Waals surface area contributed by atoms with Crippen molar-refractivity contribution in [2.75, 3.05) is 6.54 Å². The maximum atomic E-state index is 4.06. The van der Waals surface area contributed by atoms with Crippen molar-refractivity contribution >= 4 is 0 Å². The Morgan fingerprint density at radius 2 is 2.11 bits per heavy atom. The van der Waals surface area contributed by atoms with Crippen molar-refractivity contribution in [2.45, 2.75) is 33.9 Å². The molecule has 0 bridgehead atoms. The third kappa shape index (κ3) is 4.21. The Bertz CT molecular complexity index is 503. The maximum absolute atomic E-state index is 4.06. The summed E-state index contributed by atoms with van der Waals surface area (Å²) >= 11 is 0. The van der Waals surface area contributed by atoms with E-state index in [1.165, 1.54) is 16.7 Å². The second-order valence-electron chi connectivity index (χ2n) is 5.41. The number of nitrogens with one attached hydrogen (secondary N) is 1. The Kier molecular flexibility index (Phi) is 4.74. The summed E-state index contributed by atoms with van der Waals surface area (Å²) in [6.07, 6.45) is 5.72. The van der Waals surface area contributed by atoms with Crippen molar-refractivity contribution in [1.82, 2.24) is 14.9 Å². The van der Waals surface area contributed by atoms with Gasteiger partial charge in [0.25, 0.3) is 0 Å². The molecule has 1 aromatic heterocycles. The van der Waals surface area contributed by atoms with E-state index in [9.17, 15) is 0 Å². The third-order valence-corrected chi connectivity index (χ3v) is 3.47. The average molecular weight is 257 g/mol. The molecule has 2 rings (SSSR count). The lowest BCUT2D eigenvalue weighted by atomic mass is 10.1. The van der Waals surface area contributed by atoms with Gasteiger partial charge < -0.3 is 9.88 Å². The molecule has 102 valence electrons. The zero-order valence-corrected chi connectivity index (χ0v) is 12.1. The first kappa shape index (κ1) is 13.8. The van der Waals surface area contributed by atoms with Crippen LogP contribution in [-0.4, -0.2) is 16.1 Å². The molecule has 0 amide bonds. The van der Waals surface area contributed by atoms with Crippen LogP contribution in [0.5, 0.6) is 0 Å². The summed E-state index contributed by atoms with van der Waals surface area (Å²) in [5.41, 5.74) is 4.08. The molecule has 0 aliphatic rings. The Hall–Kier alpha value is -1.61. The van der Waals surface area contributed by atoms with Crippen molar-refractivity contribution in [2.24, 2.45) is 5.92 Å². The lowest BCUT2D eigenvalue weighted by Gasteiger charge is -2.13. The summed E-state index contributed by atoms with van der Waals surface area (Å²) in [6.45, 7) is 9.55. The molecule has 19 heavy (non-hydrogen) atoms. The highest BCUT2D eigenvalue weighted by Crippen LogP contribution is 2.09. The second-order valence-corrected chi connectivity index (χ2v) is 5.41. The fraction of sp³-hybridized carbons (Fsp3) is 0.438. The first-order valence-electron chi connectivity index (χ1n) is 6.87. The number of aromatic nitrogens is 2. The highest BCUT2D eigenvalue weighted by Gasteiger charge is 2.03. The van der Waals surface area contributed by atoms with Crippen LogP contribution in [0.25, 0.3) is 0 Å². The summed E-state index contributed by atoms with van der Waals surface area (Å²) < 4.78 is 2.13. The van der Waals surface area contributed by atoms with E-state index in [1.807, 2.05) is 18.7 Å². The van der Waals surface area contributed by atoms with Crippen LogP contribution in [-0.2, 0) is 13.1 Å². The molecule has 0 aliphatic carbocycles. The fourth-order valence-electron chi connectivity index (χ4n) is 2.20. The first-order chi connectivity index (χ1) is 9.15. The van der Waals surface area contributed by atoms with Gasteiger partial charge in [0.2, 0.25) is 0 Å². The predicted octanol–water partition coefficient (Wildman–Crippen LogP) is 2.93. The highest BCUT2D eigenvalue weighted by molar-refractivity contribution is 5.29. The molecular weight excluding hydrogens is 234 g/mol. The van der Waals surface area contributed by atoms with Crippen LogP contribution < -0.4 is 5.32 Å². The van der Waals surface area contributed by atoms with E-state index in [0.717, 1.165) is 19.6 Å². The Morgan fingerprint density at radius 3 is 2.79 bits per heavy atom. The number of hydrogen-bond acceptors (Lipinski definition) is 2. The van der Waals surface area contributed by atoms with Crippen LogP contribution in [0.15, 0.2) is 36.9 Å². The van der Waals surface area contributed by atoms with Gasteiger partial charge in [0, 0.05) is 25.5 Å². The van der Waals surface area contributed by atoms with E-state index in [0.29, 0.717) is 5.92 Å². The van der Waals surface area contributed by atoms with Crippen LogP contribution in [0.4, 0.5) is 0 Å². The quantitative estimate of drug-likeness (QED) is 0.862. The maximum Gasteiger partial charge on any atom is 0.0946 e. The molecule has 1 atom stereocenters. The van der Waals surface area contributed by atoms with Gasteiger partial charge in [0.15, 0.2) is 0 Å². The fourth-order valence-corrected chi connectivity index (χ4v) is 2.20. The number of benzene rings is 1. The molecule has 1 N–H and O–H groups in total. The predicted molar refractivity (Wildman–Crippen MR) is 79.0 cm³/mol. The molecule has 1 aromatic carbocycles. The van der Waals surface area contributed by atoms with E-state index in [4.69, 9.17) is 0 Å². The Morgan fingerprint density at radius 1 is 1.26 bits per heavy atom. The zero-order valence-electron chi connectivity index (χ0n) is 12.1. The number of imidazole rings is 1. The van der Waals surface area contributed by atoms with Gasteiger partial charge in [-0.25, -0.2) is 4.98 Å². The number of aryl methyl sites for hydroxylation is 2. The Labute approximate surface area is 115 Å². The topological polar surface area (TPSA) is 29.9 Å². The number of nitrogens with zero attached hydrogens (tertiary/aromatic N) is 2. The van der Waals surface area contributed by atoms with Gasteiger partial charge in [-0.15, -0.1) is 0 Å². The molecule has 0 fully saturated rings. The molecule has 0 saturated carbocycles. The standard InChI is InChI=1S/C16H23N3/c1-13(11-19-7-6-17-12-19)9-18-10-16-5-4-14(2)15(3)8-16/h4-8,12-13,18H,9-11H2,1-3H3. The molecule has 0 radical (unpaired) electrons. The summed E-state index contributed by atoms with van der Waals surface area (Å²) in [7, 11) is 0. The molecule has 3 nitrogen and oxygen atoms in total. The average Bonchev–Trinajstić information content (AvgIpc) is 2.86. The van der Waals surface area contributed by atoms with E-state index in [1.54, 1.807) is 0 Å². The van der Waals surface area contributed by atoms with Crippen molar-refractivity contribution in [3.63, 3.8) is 0 Å². The lowest BCUT2D eigenvalue weighted by Crippen LogP contribution is -2.23. The van der Waals surface area contributed by atoms with Crippen LogP contribution in [0.1, 0.15) is 23.6 Å². The summed E-state index contributed by atoms with van der Waals surface area (Å²) in [6, 6.07) is 6.67. The molecule has 1 heterocycles. The van der Waals surface area contributed by atoms with Gasteiger partial charge in [-0.3, -0.25) is 0 Å². The monoisotopic (exact) mass is 257 g/mol. The largest absolute Gasteiger partial charge is 0.337 e. The summed E-state index contributed by atoms with van der Waals surface area (Å²) in [5.74, 6) is 0.598. The minimum Gasteiger partial charge on any atom is -0.337 e. The SMILES string of the molecule is Cc1ccc(CNCC(C)Cn2ccnc2)cc1C. The van der Waals surface area contributed by atoms with E-state index in [2.05, 4.69) is 53.8 Å². The van der Waals surface area contributed by atoms with E-state index < -0.39 is 0 Å². The van der Waals surface area contributed by atoms with Gasteiger partial charge in [0.05, 0.1) is 6.33 Å². The molecule has 0 spiro atoms. The Balaban J connectivity index is 1.75. The van der Waals surface area contributed by atoms with Crippen LogP contribution >= 0.6 is 0 Å². The normalized spacial score (nSPS) is 12.6. The number of hydrogen-bond donors (Lipinski definition) is 1. The number of rotatable bonds is 6.